The highest BCUT2D eigenvalue weighted by Gasteiger charge is 2.07. The lowest BCUT2D eigenvalue weighted by atomic mass is 10.1. The molecule has 0 aliphatic carbocycles. The summed E-state index contributed by atoms with van der Waals surface area (Å²) in [6.45, 7) is 6.38. The maximum absolute atomic E-state index is 11.2. The summed E-state index contributed by atoms with van der Waals surface area (Å²) in [6.07, 6.45) is 12.8. The van der Waals surface area contributed by atoms with Crippen molar-refractivity contribution in [1.82, 2.24) is 0 Å². The van der Waals surface area contributed by atoms with Crippen LogP contribution in [0.1, 0.15) is 85.0 Å². The van der Waals surface area contributed by atoms with Crippen molar-refractivity contribution >= 4 is 16.9 Å². The molecule has 0 N–H and O–H groups in total. The summed E-state index contributed by atoms with van der Waals surface area (Å²) in [5.74, 6) is 0. The van der Waals surface area contributed by atoms with E-state index in [-0.39, 0.29) is 0 Å². The van der Waals surface area contributed by atoms with Crippen LogP contribution >= 0.6 is 11.8 Å². The topological polar surface area (TPSA) is 17.1 Å². The van der Waals surface area contributed by atoms with Crippen molar-refractivity contribution in [3.8, 4) is 0 Å². The minimum Gasteiger partial charge on any atom is -0.287 e. The van der Waals surface area contributed by atoms with Crippen molar-refractivity contribution in [2.45, 2.75) is 90.2 Å². The highest BCUT2D eigenvalue weighted by Crippen LogP contribution is 2.20. The molecule has 0 fully saturated rings. The maximum atomic E-state index is 11.2. The fourth-order valence-electron chi connectivity index (χ4n) is 1.93. The molecule has 0 rings (SSSR count). The molecule has 17 heavy (non-hydrogen) atoms. The van der Waals surface area contributed by atoms with Crippen molar-refractivity contribution < 1.29 is 4.79 Å². The van der Waals surface area contributed by atoms with Crippen molar-refractivity contribution in [2.75, 3.05) is 0 Å². The van der Waals surface area contributed by atoms with Gasteiger partial charge in [0.25, 0.3) is 0 Å². The van der Waals surface area contributed by atoms with Gasteiger partial charge in [-0.2, -0.15) is 0 Å². The first-order valence-electron chi connectivity index (χ1n) is 7.40. The highest BCUT2D eigenvalue weighted by atomic mass is 32.2. The molecule has 0 aromatic heterocycles. The molecular formula is C15H30OS. The lowest BCUT2D eigenvalue weighted by molar-refractivity contribution is -0.110. The van der Waals surface area contributed by atoms with Crippen molar-refractivity contribution in [2.24, 2.45) is 0 Å². The lowest BCUT2D eigenvalue weighted by Crippen LogP contribution is -2.01. The van der Waals surface area contributed by atoms with Crippen LogP contribution in [0.4, 0.5) is 0 Å². The van der Waals surface area contributed by atoms with E-state index in [9.17, 15) is 4.79 Å². The molecule has 2 heteroatoms. The van der Waals surface area contributed by atoms with E-state index in [2.05, 4.69) is 13.8 Å². The van der Waals surface area contributed by atoms with Crippen LogP contribution in [0.3, 0.4) is 0 Å². The van der Waals surface area contributed by atoms with Gasteiger partial charge in [0.05, 0.1) is 0 Å². The summed E-state index contributed by atoms with van der Waals surface area (Å²) >= 11 is 1.54. The van der Waals surface area contributed by atoms with Gasteiger partial charge in [-0.1, -0.05) is 83.9 Å². The van der Waals surface area contributed by atoms with Crippen LogP contribution in [0, 0.1) is 0 Å². The Labute approximate surface area is 112 Å². The molecule has 0 saturated carbocycles. The molecule has 102 valence electrons. The molecule has 0 aromatic rings. The number of hydrogen-bond acceptors (Lipinski definition) is 2. The normalized spacial score (nSPS) is 12.6. The SMILES string of the molecule is CCCCCCCCCCC(C)SC(=O)CC. The Morgan fingerprint density at radius 1 is 0.941 bits per heavy atom. The maximum Gasteiger partial charge on any atom is 0.188 e. The predicted octanol–water partition coefficient (Wildman–Crippen LogP) is 5.58. The minimum absolute atomic E-state index is 0.345. The van der Waals surface area contributed by atoms with Gasteiger partial charge < -0.3 is 0 Å². The molecule has 0 saturated heterocycles. The Morgan fingerprint density at radius 3 is 2.00 bits per heavy atom. The van der Waals surface area contributed by atoms with E-state index in [1.807, 2.05) is 6.92 Å². The monoisotopic (exact) mass is 258 g/mol. The predicted molar refractivity (Wildman–Crippen MR) is 79.6 cm³/mol. The first-order valence-corrected chi connectivity index (χ1v) is 8.28. The zero-order valence-electron chi connectivity index (χ0n) is 12.0. The number of hydrogen-bond donors (Lipinski definition) is 0. The van der Waals surface area contributed by atoms with E-state index in [1.165, 1.54) is 69.5 Å². The fourth-order valence-corrected chi connectivity index (χ4v) is 2.83. The van der Waals surface area contributed by atoms with Crippen LogP contribution in [0.5, 0.6) is 0 Å². The number of rotatable bonds is 11. The van der Waals surface area contributed by atoms with Crippen molar-refractivity contribution in [1.29, 1.82) is 0 Å². The summed E-state index contributed by atoms with van der Waals surface area (Å²) < 4.78 is 0. The van der Waals surface area contributed by atoms with Crippen LogP contribution in [-0.2, 0) is 4.79 Å². The molecular weight excluding hydrogens is 228 g/mol. The summed E-state index contributed by atoms with van der Waals surface area (Å²) in [5, 5.41) is 0.861. The van der Waals surface area contributed by atoms with E-state index in [0.717, 1.165) is 0 Å². The van der Waals surface area contributed by atoms with Crippen LogP contribution in [0.15, 0.2) is 0 Å². The van der Waals surface area contributed by atoms with E-state index < -0.39 is 0 Å². The summed E-state index contributed by atoms with van der Waals surface area (Å²) in [5.41, 5.74) is 0. The zero-order valence-corrected chi connectivity index (χ0v) is 12.8. The quantitative estimate of drug-likeness (QED) is 0.450. The third-order valence-electron chi connectivity index (χ3n) is 3.09. The summed E-state index contributed by atoms with van der Waals surface area (Å²) in [6, 6.07) is 0. The molecule has 1 nitrogen and oxygen atoms in total. The molecule has 0 amide bonds. The molecule has 0 aromatic carbocycles. The number of unbranched alkanes of at least 4 members (excludes halogenated alkanes) is 7. The Bertz CT molecular complexity index is 180. The van der Waals surface area contributed by atoms with Gasteiger partial charge in [0.15, 0.2) is 5.12 Å². The van der Waals surface area contributed by atoms with Crippen LogP contribution < -0.4 is 0 Å². The van der Waals surface area contributed by atoms with Gasteiger partial charge in [0, 0.05) is 11.7 Å². The van der Waals surface area contributed by atoms with Crippen molar-refractivity contribution in [3.63, 3.8) is 0 Å². The number of thioether (sulfide) groups is 1. The Balaban J connectivity index is 3.19. The second-order valence-corrected chi connectivity index (χ2v) is 6.41. The standard InChI is InChI=1S/C15H30OS/c1-4-6-7-8-9-10-11-12-13-14(3)17-15(16)5-2/h14H,4-13H2,1-3H3. The molecule has 0 heterocycles. The van der Waals surface area contributed by atoms with Crippen LogP contribution in [0.2, 0.25) is 0 Å². The molecule has 0 bridgehead atoms. The summed E-state index contributed by atoms with van der Waals surface area (Å²) in [4.78, 5) is 11.2. The van der Waals surface area contributed by atoms with E-state index in [4.69, 9.17) is 0 Å². The van der Waals surface area contributed by atoms with E-state index in [1.54, 1.807) is 0 Å². The molecule has 0 aliphatic heterocycles. The summed E-state index contributed by atoms with van der Waals surface area (Å²) in [7, 11) is 0. The van der Waals surface area contributed by atoms with Gasteiger partial charge in [0.1, 0.15) is 0 Å². The number of carbonyl (C=O) groups excluding carboxylic acids is 1. The first kappa shape index (κ1) is 17.0. The van der Waals surface area contributed by atoms with E-state index >= 15 is 0 Å². The molecule has 1 atom stereocenters. The van der Waals surface area contributed by atoms with Gasteiger partial charge in [-0.3, -0.25) is 4.79 Å². The minimum atomic E-state index is 0.345. The molecule has 0 spiro atoms. The van der Waals surface area contributed by atoms with Crippen molar-refractivity contribution in [3.05, 3.63) is 0 Å². The Hall–Kier alpha value is 0.0200. The lowest BCUT2D eigenvalue weighted by Gasteiger charge is -2.09. The van der Waals surface area contributed by atoms with Crippen LogP contribution in [-0.4, -0.2) is 10.4 Å². The fraction of sp³-hybridized carbons (Fsp3) is 0.933. The third-order valence-corrected chi connectivity index (χ3v) is 4.28. The molecule has 0 radical (unpaired) electrons. The van der Waals surface area contributed by atoms with Gasteiger partial charge >= 0.3 is 0 Å². The molecule has 0 aliphatic rings. The van der Waals surface area contributed by atoms with Gasteiger partial charge in [0.2, 0.25) is 0 Å². The average Bonchev–Trinajstić information content (AvgIpc) is 2.32. The third kappa shape index (κ3) is 12.3. The van der Waals surface area contributed by atoms with Gasteiger partial charge in [-0.25, -0.2) is 0 Å². The van der Waals surface area contributed by atoms with E-state index in [0.29, 0.717) is 16.8 Å². The van der Waals surface area contributed by atoms with Gasteiger partial charge in [-0.05, 0) is 6.42 Å². The Kier molecular flexibility index (Phi) is 12.5. The largest absolute Gasteiger partial charge is 0.287 e. The Morgan fingerprint density at radius 2 is 1.47 bits per heavy atom. The molecule has 1 unspecified atom stereocenters. The van der Waals surface area contributed by atoms with Gasteiger partial charge in [-0.15, -0.1) is 0 Å². The zero-order chi connectivity index (χ0) is 12.9. The van der Waals surface area contributed by atoms with Crippen LogP contribution in [0.25, 0.3) is 0 Å². The average molecular weight is 258 g/mol. The first-order chi connectivity index (χ1) is 8.20. The number of carbonyl (C=O) groups is 1. The second kappa shape index (κ2) is 12.5. The smallest absolute Gasteiger partial charge is 0.188 e. The highest BCUT2D eigenvalue weighted by molar-refractivity contribution is 8.14. The second-order valence-electron chi connectivity index (χ2n) is 4.92.